The second-order valence-electron chi connectivity index (χ2n) is 8.25. The van der Waals surface area contributed by atoms with E-state index in [-0.39, 0.29) is 6.09 Å². The van der Waals surface area contributed by atoms with Crippen LogP contribution in [-0.2, 0) is 11.3 Å². The van der Waals surface area contributed by atoms with Crippen molar-refractivity contribution < 1.29 is 14.3 Å². The lowest BCUT2D eigenvalue weighted by atomic mass is 9.89. The van der Waals surface area contributed by atoms with Gasteiger partial charge in [0.15, 0.2) is 0 Å². The Labute approximate surface area is 188 Å². The molecular weight excluding hydrogens is 412 g/mol. The standard InChI is InChI=1S/C23H32N4O3S/c1-2-29-23(28)27-11-4-5-20(9-14-27)26-12-7-18(8-13-26)21-6-3-10-24-22(21)30-15-19-16-31-17-25-19/h3,6,10,16-18,20H,2,4-5,7-9,11-15H2,1H3. The average Bonchev–Trinajstić information content (AvgIpc) is 3.20. The van der Waals surface area contributed by atoms with Crippen LogP contribution in [-0.4, -0.2) is 64.7 Å². The lowest BCUT2D eigenvalue weighted by Gasteiger charge is -2.37. The first kappa shape index (κ1) is 22.0. The van der Waals surface area contributed by atoms with Crippen molar-refractivity contribution in [2.45, 2.75) is 57.6 Å². The molecule has 0 spiro atoms. The van der Waals surface area contributed by atoms with Crippen LogP contribution in [0.15, 0.2) is 29.2 Å². The van der Waals surface area contributed by atoms with Gasteiger partial charge in [0.25, 0.3) is 0 Å². The third-order valence-corrected chi connectivity index (χ3v) is 6.99. The largest absolute Gasteiger partial charge is 0.471 e. The average molecular weight is 445 g/mol. The predicted molar refractivity (Wildman–Crippen MR) is 120 cm³/mol. The number of hydrogen-bond donors (Lipinski definition) is 0. The lowest BCUT2D eigenvalue weighted by molar-refractivity contribution is 0.105. The molecule has 31 heavy (non-hydrogen) atoms. The predicted octanol–water partition coefficient (Wildman–Crippen LogP) is 4.31. The van der Waals surface area contributed by atoms with Crippen molar-refractivity contribution in [3.8, 4) is 5.88 Å². The van der Waals surface area contributed by atoms with E-state index in [2.05, 4.69) is 20.9 Å². The molecule has 4 rings (SSSR count). The summed E-state index contributed by atoms with van der Waals surface area (Å²) in [6.07, 6.45) is 7.07. The highest BCUT2D eigenvalue weighted by Gasteiger charge is 2.30. The number of carbonyl (C=O) groups is 1. The van der Waals surface area contributed by atoms with E-state index >= 15 is 0 Å². The maximum atomic E-state index is 12.1. The summed E-state index contributed by atoms with van der Waals surface area (Å²) in [6, 6.07) is 4.72. The number of hydrogen-bond acceptors (Lipinski definition) is 7. The van der Waals surface area contributed by atoms with Crippen molar-refractivity contribution in [1.29, 1.82) is 0 Å². The summed E-state index contributed by atoms with van der Waals surface area (Å²) in [5.41, 5.74) is 3.99. The van der Waals surface area contributed by atoms with Gasteiger partial charge in [-0.3, -0.25) is 0 Å². The van der Waals surface area contributed by atoms with E-state index in [1.807, 2.05) is 28.8 Å². The van der Waals surface area contributed by atoms with Crippen molar-refractivity contribution in [3.63, 3.8) is 0 Å². The van der Waals surface area contributed by atoms with Crippen LogP contribution in [0.5, 0.6) is 5.88 Å². The molecule has 2 aromatic heterocycles. The van der Waals surface area contributed by atoms with E-state index < -0.39 is 0 Å². The van der Waals surface area contributed by atoms with E-state index in [9.17, 15) is 4.79 Å². The number of nitrogens with zero attached hydrogens (tertiary/aromatic N) is 4. The van der Waals surface area contributed by atoms with Crippen molar-refractivity contribution in [2.24, 2.45) is 0 Å². The fraction of sp³-hybridized carbons (Fsp3) is 0.609. The molecule has 1 unspecified atom stereocenters. The maximum absolute atomic E-state index is 12.1. The van der Waals surface area contributed by atoms with E-state index in [0.29, 0.717) is 25.2 Å². The number of aromatic nitrogens is 2. The number of pyridine rings is 1. The van der Waals surface area contributed by atoms with E-state index in [1.165, 1.54) is 5.56 Å². The molecule has 0 aliphatic carbocycles. The Balaban J connectivity index is 1.30. The molecule has 2 saturated heterocycles. The molecule has 0 N–H and O–H groups in total. The third-order valence-electron chi connectivity index (χ3n) is 6.35. The fourth-order valence-corrected chi connectivity index (χ4v) is 5.25. The summed E-state index contributed by atoms with van der Waals surface area (Å²) in [5, 5.41) is 2.01. The Hall–Kier alpha value is -2.19. The molecule has 7 nitrogen and oxygen atoms in total. The van der Waals surface area contributed by atoms with Crippen LogP contribution in [0.4, 0.5) is 4.79 Å². The highest BCUT2D eigenvalue weighted by atomic mass is 32.1. The van der Waals surface area contributed by atoms with Crippen molar-refractivity contribution in [2.75, 3.05) is 32.8 Å². The summed E-state index contributed by atoms with van der Waals surface area (Å²) in [7, 11) is 0. The minimum absolute atomic E-state index is 0.163. The number of ether oxygens (including phenoxy) is 2. The van der Waals surface area contributed by atoms with Gasteiger partial charge < -0.3 is 19.3 Å². The highest BCUT2D eigenvalue weighted by molar-refractivity contribution is 7.07. The zero-order valence-corrected chi connectivity index (χ0v) is 19.1. The maximum Gasteiger partial charge on any atom is 0.409 e. The quantitative estimate of drug-likeness (QED) is 0.661. The first-order valence-electron chi connectivity index (χ1n) is 11.3. The van der Waals surface area contributed by atoms with Crippen LogP contribution >= 0.6 is 11.3 Å². The molecule has 0 radical (unpaired) electrons. The minimum atomic E-state index is -0.163. The van der Waals surface area contributed by atoms with Gasteiger partial charge in [-0.25, -0.2) is 14.8 Å². The molecular formula is C23H32N4O3S. The molecule has 0 saturated carbocycles. The molecule has 168 valence electrons. The molecule has 2 aliphatic heterocycles. The number of rotatable bonds is 6. The van der Waals surface area contributed by atoms with Crippen LogP contribution < -0.4 is 4.74 Å². The van der Waals surface area contributed by atoms with Gasteiger partial charge in [-0.05, 0) is 64.1 Å². The van der Waals surface area contributed by atoms with Gasteiger partial charge in [0, 0.05) is 36.3 Å². The second-order valence-corrected chi connectivity index (χ2v) is 8.97. The summed E-state index contributed by atoms with van der Waals surface area (Å²) < 4.78 is 11.2. The molecule has 1 atom stereocenters. The van der Waals surface area contributed by atoms with Gasteiger partial charge in [-0.2, -0.15) is 0 Å². The molecule has 1 amide bonds. The summed E-state index contributed by atoms with van der Waals surface area (Å²) in [5.74, 6) is 1.21. The van der Waals surface area contributed by atoms with Gasteiger partial charge in [0.05, 0.1) is 17.8 Å². The Kier molecular flexibility index (Phi) is 7.75. The first-order valence-corrected chi connectivity index (χ1v) is 12.3. The Morgan fingerprint density at radius 2 is 2.03 bits per heavy atom. The zero-order chi connectivity index (χ0) is 21.5. The summed E-state index contributed by atoms with van der Waals surface area (Å²) in [4.78, 5) is 25.4. The van der Waals surface area contributed by atoms with Crippen LogP contribution in [0.1, 0.15) is 56.2 Å². The van der Waals surface area contributed by atoms with Crippen LogP contribution in [0.25, 0.3) is 0 Å². The topological polar surface area (TPSA) is 67.8 Å². The SMILES string of the molecule is CCOC(=O)N1CCCC(N2CCC(c3cccnc3OCc3cscn3)CC2)CC1. The van der Waals surface area contributed by atoms with Gasteiger partial charge >= 0.3 is 6.09 Å². The Morgan fingerprint density at radius 3 is 2.81 bits per heavy atom. The van der Waals surface area contributed by atoms with Gasteiger partial charge in [0.1, 0.15) is 6.61 Å². The number of amides is 1. The molecule has 2 fully saturated rings. The van der Waals surface area contributed by atoms with Crippen LogP contribution in [0.2, 0.25) is 0 Å². The highest BCUT2D eigenvalue weighted by Crippen LogP contribution is 2.34. The number of thiazole rings is 1. The molecule has 2 aromatic rings. The van der Waals surface area contributed by atoms with Crippen LogP contribution in [0, 0.1) is 0 Å². The van der Waals surface area contributed by atoms with Gasteiger partial charge in [0.2, 0.25) is 5.88 Å². The molecule has 8 heteroatoms. The molecule has 2 aliphatic rings. The Bertz CT molecular complexity index is 824. The fourth-order valence-electron chi connectivity index (χ4n) is 4.70. The number of piperidine rings is 1. The second kappa shape index (κ2) is 10.9. The third kappa shape index (κ3) is 5.74. The van der Waals surface area contributed by atoms with Crippen molar-refractivity contribution in [3.05, 3.63) is 40.5 Å². The number of carbonyl (C=O) groups excluding carboxylic acids is 1. The van der Waals surface area contributed by atoms with E-state index in [4.69, 9.17) is 9.47 Å². The van der Waals surface area contributed by atoms with E-state index in [0.717, 1.165) is 69.9 Å². The summed E-state index contributed by atoms with van der Waals surface area (Å²) >= 11 is 1.58. The molecule has 0 aromatic carbocycles. The number of likely N-dealkylation sites (tertiary alicyclic amines) is 2. The van der Waals surface area contributed by atoms with E-state index in [1.54, 1.807) is 17.5 Å². The van der Waals surface area contributed by atoms with Crippen molar-refractivity contribution >= 4 is 17.4 Å². The zero-order valence-electron chi connectivity index (χ0n) is 18.2. The monoisotopic (exact) mass is 444 g/mol. The Morgan fingerprint density at radius 1 is 1.16 bits per heavy atom. The van der Waals surface area contributed by atoms with Gasteiger partial charge in [-0.15, -0.1) is 11.3 Å². The van der Waals surface area contributed by atoms with Crippen molar-refractivity contribution in [1.82, 2.24) is 19.8 Å². The summed E-state index contributed by atoms with van der Waals surface area (Å²) in [6.45, 7) is 6.52. The van der Waals surface area contributed by atoms with Crippen LogP contribution in [0.3, 0.4) is 0 Å². The lowest BCUT2D eigenvalue weighted by Crippen LogP contribution is -2.41. The van der Waals surface area contributed by atoms with Gasteiger partial charge in [-0.1, -0.05) is 6.07 Å². The first-order chi connectivity index (χ1) is 15.2. The molecule has 0 bridgehead atoms. The molecule has 4 heterocycles. The minimum Gasteiger partial charge on any atom is -0.471 e. The smallest absolute Gasteiger partial charge is 0.409 e. The normalized spacial score (nSPS) is 20.9.